The molecule has 0 saturated carbocycles. The van der Waals surface area contributed by atoms with E-state index >= 15 is 0 Å². The van der Waals surface area contributed by atoms with E-state index in [2.05, 4.69) is 27.7 Å². The van der Waals surface area contributed by atoms with Crippen LogP contribution in [0.2, 0.25) is 0 Å². The molecule has 1 radical (unpaired) electrons. The van der Waals surface area contributed by atoms with Gasteiger partial charge in [0.1, 0.15) is 20.2 Å². The van der Waals surface area contributed by atoms with E-state index in [0.29, 0.717) is 0 Å². The second-order valence-electron chi connectivity index (χ2n) is 14.7. The molecule has 0 fully saturated rings. The van der Waals surface area contributed by atoms with Gasteiger partial charge in [-0.3, -0.25) is 19.2 Å². The molecule has 0 heterocycles. The Morgan fingerprint density at radius 2 is 0.667 bits per heavy atom. The summed E-state index contributed by atoms with van der Waals surface area (Å²) >= 11 is 0. The number of rotatable bonds is 32. The molecule has 0 aliphatic carbocycles. The molecule has 57 heavy (non-hydrogen) atoms. The Labute approximate surface area is 355 Å². The zero-order valence-corrected chi connectivity index (χ0v) is 38.6. The van der Waals surface area contributed by atoms with Crippen LogP contribution in [-0.2, 0) is 75.1 Å². The first-order chi connectivity index (χ1) is 26.4. The maximum Gasteiger partial charge on any atom is 2.00 e. The fourth-order valence-corrected chi connectivity index (χ4v) is 6.91. The zero-order chi connectivity index (χ0) is 43.2. The predicted molar refractivity (Wildman–Crippen MR) is 213 cm³/mol. The van der Waals surface area contributed by atoms with E-state index in [9.17, 15) is 45.1 Å². The monoisotopic (exact) mass is 901 g/mol. The third kappa shape index (κ3) is 30.0. The fraction of sp³-hybridized carbons (Fsp3) is 0.900. The third-order valence-corrected chi connectivity index (χ3v) is 12.1. The molecule has 0 saturated heterocycles. The van der Waals surface area contributed by atoms with Gasteiger partial charge in [0.2, 0.25) is 0 Å². The zero-order valence-electron chi connectivity index (χ0n) is 35.9. The van der Waals surface area contributed by atoms with E-state index in [0.717, 1.165) is 103 Å². The number of hydrogen-bond acceptors (Lipinski definition) is 14. The summed E-state index contributed by atoms with van der Waals surface area (Å²) in [6, 6.07) is 0. The molecule has 0 N–H and O–H groups in total. The van der Waals surface area contributed by atoms with Crippen molar-refractivity contribution in [1.82, 2.24) is 0 Å². The molecule has 0 aliphatic heterocycles. The molecule has 0 aromatic rings. The number of carbonyl (C=O) groups is 4. The Hall–Kier alpha value is -1.79. The largest absolute Gasteiger partial charge is 2.00 e. The SMILES string of the molecule is CCCCC(CC)COC(=O)CC(C(=O)OCC(CC)CCCC)S(=O)(=O)[O-].CCCCC(CC)COC(=O)CC(C(=O)OCC(CC)CCCC)S(=O)(=O)[O-].[Co+2]. The van der Waals surface area contributed by atoms with Crippen molar-refractivity contribution in [3.05, 3.63) is 0 Å². The Morgan fingerprint density at radius 1 is 0.439 bits per heavy atom. The normalized spacial score (nSPS) is 14.6. The van der Waals surface area contributed by atoms with Crippen LogP contribution in [-0.4, -0.2) is 86.7 Å². The Morgan fingerprint density at radius 3 is 0.860 bits per heavy atom. The van der Waals surface area contributed by atoms with Crippen molar-refractivity contribution in [3.63, 3.8) is 0 Å². The summed E-state index contributed by atoms with van der Waals surface area (Å²) in [6.07, 6.45) is 13.2. The number of esters is 4. The van der Waals surface area contributed by atoms with Crippen LogP contribution in [0.4, 0.5) is 0 Å². The fourth-order valence-electron chi connectivity index (χ4n) is 5.63. The molecule has 6 unspecified atom stereocenters. The van der Waals surface area contributed by atoms with Crippen LogP contribution >= 0.6 is 0 Å². The first kappa shape index (κ1) is 59.5. The molecular weight excluding hydrogens is 827 g/mol. The van der Waals surface area contributed by atoms with E-state index in [-0.39, 0.29) is 66.9 Å². The Kier molecular flexibility index (Phi) is 36.6. The molecule has 6 atom stereocenters. The smallest absolute Gasteiger partial charge is 0.747 e. The van der Waals surface area contributed by atoms with Gasteiger partial charge in [-0.25, -0.2) is 16.8 Å². The summed E-state index contributed by atoms with van der Waals surface area (Å²) in [4.78, 5) is 48.3. The van der Waals surface area contributed by atoms with Gasteiger partial charge in [-0.15, -0.1) is 0 Å². The van der Waals surface area contributed by atoms with E-state index in [1.807, 2.05) is 27.7 Å². The van der Waals surface area contributed by atoms with Gasteiger partial charge in [-0.05, 0) is 49.4 Å². The average Bonchev–Trinajstić information content (AvgIpc) is 3.15. The first-order valence-electron chi connectivity index (χ1n) is 20.9. The molecule has 339 valence electrons. The average molecular weight is 902 g/mol. The maximum atomic E-state index is 12.1. The van der Waals surface area contributed by atoms with Crippen LogP contribution in [0.1, 0.15) is 171 Å². The number of carbonyl (C=O) groups excluding carboxylic acids is 4. The second-order valence-corrected chi connectivity index (χ2v) is 17.8. The molecule has 0 amide bonds. The summed E-state index contributed by atoms with van der Waals surface area (Å²) in [5, 5.41) is -4.11. The Balaban J connectivity index is -0.00000101. The summed E-state index contributed by atoms with van der Waals surface area (Å²) in [5.41, 5.74) is 0. The van der Waals surface area contributed by atoms with Crippen LogP contribution in [0.3, 0.4) is 0 Å². The van der Waals surface area contributed by atoms with E-state index in [4.69, 9.17) is 18.9 Å². The molecule has 0 bridgehead atoms. The molecule has 14 nitrogen and oxygen atoms in total. The molecule has 0 aromatic heterocycles. The van der Waals surface area contributed by atoms with Crippen molar-refractivity contribution in [2.45, 2.75) is 181 Å². The van der Waals surface area contributed by atoms with Gasteiger partial charge in [0, 0.05) is 0 Å². The Bertz CT molecular complexity index is 1190. The van der Waals surface area contributed by atoms with Crippen LogP contribution < -0.4 is 0 Å². The number of unbranched alkanes of at least 4 members (excludes halogenated alkanes) is 4. The molecule has 0 spiro atoms. The summed E-state index contributed by atoms with van der Waals surface area (Å²) < 4.78 is 89.1. The van der Waals surface area contributed by atoms with Crippen LogP contribution in [0.25, 0.3) is 0 Å². The van der Waals surface area contributed by atoms with Gasteiger partial charge < -0.3 is 28.1 Å². The van der Waals surface area contributed by atoms with Crippen molar-refractivity contribution in [3.8, 4) is 0 Å². The van der Waals surface area contributed by atoms with Crippen molar-refractivity contribution < 1.29 is 80.8 Å². The minimum absolute atomic E-state index is 0. The molecular formula is C40H74CoO14S2. The van der Waals surface area contributed by atoms with Crippen molar-refractivity contribution in [2.24, 2.45) is 23.7 Å². The van der Waals surface area contributed by atoms with Gasteiger partial charge in [-0.1, -0.05) is 132 Å². The van der Waals surface area contributed by atoms with Gasteiger partial charge >= 0.3 is 40.7 Å². The quantitative estimate of drug-likeness (QED) is 0.0360. The van der Waals surface area contributed by atoms with E-state index in [1.165, 1.54) is 0 Å². The van der Waals surface area contributed by atoms with Gasteiger partial charge in [0.05, 0.1) is 39.3 Å². The molecule has 17 heteroatoms. The standard InChI is InChI=1S/2C20H38O7S.Co/c2*1-5-9-11-16(7-3)14-26-19(21)13-18(28(23,24)25)20(22)27-15-17(8-4)12-10-6-2;/h2*16-18H,5-15H2,1-4H3,(H,23,24,25);/q;;+2/p-2. The van der Waals surface area contributed by atoms with Crippen molar-refractivity contribution >= 4 is 44.1 Å². The summed E-state index contributed by atoms with van der Waals surface area (Å²) in [7, 11) is -10.0. The third-order valence-electron chi connectivity index (χ3n) is 9.98. The molecule has 0 rings (SSSR count). The molecule has 0 aromatic carbocycles. The van der Waals surface area contributed by atoms with Gasteiger partial charge in [0.25, 0.3) is 0 Å². The number of ether oxygens (including phenoxy) is 4. The van der Waals surface area contributed by atoms with Crippen LogP contribution in [0, 0.1) is 23.7 Å². The topological polar surface area (TPSA) is 220 Å². The van der Waals surface area contributed by atoms with E-state index in [1.54, 1.807) is 0 Å². The van der Waals surface area contributed by atoms with Gasteiger partial charge in [-0.2, -0.15) is 0 Å². The minimum atomic E-state index is -5.01. The summed E-state index contributed by atoms with van der Waals surface area (Å²) in [6.45, 7) is 16.5. The van der Waals surface area contributed by atoms with Gasteiger partial charge in [0.15, 0.2) is 10.5 Å². The minimum Gasteiger partial charge on any atom is -0.747 e. The van der Waals surface area contributed by atoms with Crippen molar-refractivity contribution in [1.29, 1.82) is 0 Å². The van der Waals surface area contributed by atoms with E-state index < -0.39 is 67.5 Å². The van der Waals surface area contributed by atoms with Crippen LogP contribution in [0.15, 0.2) is 0 Å². The first-order valence-corrected chi connectivity index (χ1v) is 23.9. The summed E-state index contributed by atoms with van der Waals surface area (Å²) in [5.74, 6) is -3.49. The number of hydrogen-bond donors (Lipinski definition) is 0. The maximum absolute atomic E-state index is 12.1. The predicted octanol–water partition coefficient (Wildman–Crippen LogP) is 7.62. The molecule has 0 aliphatic rings. The van der Waals surface area contributed by atoms with Crippen LogP contribution in [0.5, 0.6) is 0 Å². The second kappa shape index (κ2) is 35.0. The van der Waals surface area contributed by atoms with Crippen molar-refractivity contribution in [2.75, 3.05) is 26.4 Å².